The fraction of sp³-hybridized carbons (Fsp3) is 0.240. The molecule has 4 rings (SSSR count). The summed E-state index contributed by atoms with van der Waals surface area (Å²) in [5, 5.41) is 14.6. The summed E-state index contributed by atoms with van der Waals surface area (Å²) in [6.45, 7) is 2.04. The normalized spacial score (nSPS) is 12.9. The first kappa shape index (κ1) is 25.1. The Kier molecular flexibility index (Phi) is 7.51. The Bertz CT molecular complexity index is 1420. The number of hydrogen-bond donors (Lipinski definition) is 5. The van der Waals surface area contributed by atoms with Crippen molar-refractivity contribution in [3.05, 3.63) is 71.3 Å². The molecule has 0 bridgehead atoms. The number of nitrogens with two attached hydrogens (primary N) is 1. The van der Waals surface area contributed by atoms with E-state index < -0.39 is 16.1 Å². The van der Waals surface area contributed by atoms with E-state index in [1.807, 2.05) is 19.1 Å². The van der Waals surface area contributed by atoms with Crippen LogP contribution in [0, 0.1) is 6.92 Å². The van der Waals surface area contributed by atoms with Gasteiger partial charge in [0.15, 0.2) is 0 Å². The smallest absolute Gasteiger partial charge is 0.333 e. The van der Waals surface area contributed by atoms with Crippen molar-refractivity contribution in [2.24, 2.45) is 5.73 Å². The minimum absolute atomic E-state index is 0.130. The van der Waals surface area contributed by atoms with Crippen LogP contribution in [0.15, 0.2) is 53.8 Å². The molecule has 0 fully saturated rings. The Morgan fingerprint density at radius 2 is 1.97 bits per heavy atom. The first-order valence-corrected chi connectivity index (χ1v) is 13.0. The molecule has 11 heteroatoms. The highest BCUT2D eigenvalue weighted by Crippen LogP contribution is 2.40. The number of aromatic nitrogens is 2. The van der Waals surface area contributed by atoms with Gasteiger partial charge < -0.3 is 21.5 Å². The lowest BCUT2D eigenvalue weighted by molar-refractivity contribution is 0.256. The van der Waals surface area contributed by atoms with Gasteiger partial charge in [0.25, 0.3) is 10.0 Å². The van der Waals surface area contributed by atoms with Gasteiger partial charge in [0.05, 0.1) is 22.9 Å². The third-order valence-electron chi connectivity index (χ3n) is 5.86. The van der Waals surface area contributed by atoms with Crippen LogP contribution in [-0.2, 0) is 22.9 Å². The van der Waals surface area contributed by atoms with Crippen LogP contribution >= 0.6 is 0 Å². The number of aryl methyl sites for hydroxylation is 2. The molecule has 1 aromatic carbocycles. The standard InChI is InChI=1S/C25H28N6O4S/c1-16-13-17-3-2-4-21(17)24(23(16)18-6-9-27-19(14-18)5-8-26)30-25(33)31-36(34,35)20-7-10-28-22(15-20)29-11-12-32/h5-10,13-15,32H,2-4,11-12,26H2,1H3,(H,28,29)(H2,30,31,33)/b8-5-. The quantitative estimate of drug-likeness (QED) is 0.311. The summed E-state index contributed by atoms with van der Waals surface area (Å²) in [7, 11) is -4.18. The number of benzene rings is 1. The maximum absolute atomic E-state index is 13.0. The molecule has 2 aromatic heterocycles. The number of amides is 2. The molecule has 3 aromatic rings. The Balaban J connectivity index is 1.66. The molecular formula is C25H28N6O4S. The van der Waals surface area contributed by atoms with Crippen LogP contribution in [-0.4, -0.2) is 42.7 Å². The Hall–Kier alpha value is -3.96. The molecule has 36 heavy (non-hydrogen) atoms. The molecule has 1 aliphatic carbocycles. The van der Waals surface area contributed by atoms with E-state index in [1.165, 1.54) is 24.5 Å². The largest absolute Gasteiger partial charge is 0.405 e. The van der Waals surface area contributed by atoms with Crippen LogP contribution in [0.3, 0.4) is 0 Å². The molecular weight excluding hydrogens is 480 g/mol. The van der Waals surface area contributed by atoms with Crippen molar-refractivity contribution in [3.63, 3.8) is 0 Å². The van der Waals surface area contributed by atoms with E-state index in [4.69, 9.17) is 10.8 Å². The van der Waals surface area contributed by atoms with Gasteiger partial charge in [-0.3, -0.25) is 4.98 Å². The first-order valence-electron chi connectivity index (χ1n) is 11.5. The summed E-state index contributed by atoms with van der Waals surface area (Å²) in [5.41, 5.74) is 11.5. The predicted octanol–water partition coefficient (Wildman–Crippen LogP) is 2.78. The highest BCUT2D eigenvalue weighted by molar-refractivity contribution is 7.90. The lowest BCUT2D eigenvalue weighted by Crippen LogP contribution is -2.35. The van der Waals surface area contributed by atoms with Gasteiger partial charge in [-0.2, -0.15) is 0 Å². The molecule has 0 saturated heterocycles. The van der Waals surface area contributed by atoms with Crippen molar-refractivity contribution in [3.8, 4) is 11.1 Å². The molecule has 2 heterocycles. The number of rotatable bonds is 8. The molecule has 2 amide bonds. The minimum atomic E-state index is -4.18. The van der Waals surface area contributed by atoms with Crippen LogP contribution in [0.1, 0.15) is 28.8 Å². The zero-order valence-corrected chi connectivity index (χ0v) is 20.6. The number of pyridine rings is 2. The van der Waals surface area contributed by atoms with E-state index >= 15 is 0 Å². The van der Waals surface area contributed by atoms with Crippen LogP contribution < -0.4 is 21.1 Å². The van der Waals surface area contributed by atoms with Crippen molar-refractivity contribution in [2.45, 2.75) is 31.1 Å². The van der Waals surface area contributed by atoms with E-state index in [9.17, 15) is 13.2 Å². The van der Waals surface area contributed by atoms with E-state index in [2.05, 4.69) is 31.4 Å². The molecule has 0 aliphatic heterocycles. The molecule has 10 nitrogen and oxygen atoms in total. The van der Waals surface area contributed by atoms with Gasteiger partial charge in [0, 0.05) is 30.6 Å². The predicted molar refractivity (Wildman–Crippen MR) is 139 cm³/mol. The fourth-order valence-corrected chi connectivity index (χ4v) is 5.30. The van der Waals surface area contributed by atoms with Gasteiger partial charge in [0.2, 0.25) is 0 Å². The molecule has 0 spiro atoms. The number of urea groups is 1. The number of aliphatic hydroxyl groups is 1. The van der Waals surface area contributed by atoms with Crippen molar-refractivity contribution >= 4 is 33.6 Å². The number of fused-ring (bicyclic) bond motifs is 1. The number of sulfonamides is 1. The maximum atomic E-state index is 13.0. The SMILES string of the molecule is Cc1cc2c(c(NC(=O)NS(=O)(=O)c3ccnc(NCCO)c3)c1-c1ccnc(/C=C\N)c1)CCC2. The molecule has 0 saturated carbocycles. The topological polar surface area (TPSA) is 159 Å². The lowest BCUT2D eigenvalue weighted by atomic mass is 9.93. The van der Waals surface area contributed by atoms with E-state index in [0.29, 0.717) is 11.4 Å². The van der Waals surface area contributed by atoms with Gasteiger partial charge in [-0.05, 0) is 78.9 Å². The summed E-state index contributed by atoms with van der Waals surface area (Å²) in [5.74, 6) is 0.270. The van der Waals surface area contributed by atoms with Gasteiger partial charge in [-0.1, -0.05) is 6.07 Å². The Morgan fingerprint density at radius 3 is 2.75 bits per heavy atom. The summed E-state index contributed by atoms with van der Waals surface area (Å²) >= 11 is 0. The van der Waals surface area contributed by atoms with Crippen LogP contribution in [0.5, 0.6) is 0 Å². The summed E-state index contributed by atoms with van der Waals surface area (Å²) < 4.78 is 28.0. The van der Waals surface area contributed by atoms with E-state index in [1.54, 1.807) is 12.3 Å². The third-order valence-corrected chi connectivity index (χ3v) is 7.19. The van der Waals surface area contributed by atoms with Crippen molar-refractivity contribution in [2.75, 3.05) is 23.8 Å². The fourth-order valence-electron chi connectivity index (χ4n) is 4.38. The van der Waals surface area contributed by atoms with Crippen molar-refractivity contribution in [1.82, 2.24) is 14.7 Å². The minimum Gasteiger partial charge on any atom is -0.405 e. The van der Waals surface area contributed by atoms with Gasteiger partial charge >= 0.3 is 6.03 Å². The van der Waals surface area contributed by atoms with Crippen LogP contribution in [0.4, 0.5) is 16.3 Å². The molecule has 6 N–H and O–H groups in total. The Labute approximate surface area is 209 Å². The number of nitrogens with zero attached hydrogens (tertiary/aromatic N) is 2. The van der Waals surface area contributed by atoms with Crippen LogP contribution in [0.25, 0.3) is 17.2 Å². The highest BCUT2D eigenvalue weighted by atomic mass is 32.2. The summed E-state index contributed by atoms with van der Waals surface area (Å²) in [6, 6.07) is 7.55. The zero-order valence-electron chi connectivity index (χ0n) is 19.8. The van der Waals surface area contributed by atoms with Crippen molar-refractivity contribution < 1.29 is 18.3 Å². The second kappa shape index (κ2) is 10.8. The number of aliphatic hydroxyl groups excluding tert-OH is 1. The summed E-state index contributed by atoms with van der Waals surface area (Å²) in [4.78, 5) is 21.2. The number of carbonyl (C=O) groups excluding carboxylic acids is 1. The zero-order chi connectivity index (χ0) is 25.7. The summed E-state index contributed by atoms with van der Waals surface area (Å²) in [6.07, 6.45) is 8.68. The monoisotopic (exact) mass is 508 g/mol. The van der Waals surface area contributed by atoms with Gasteiger partial charge in [-0.25, -0.2) is 22.9 Å². The Morgan fingerprint density at radius 1 is 1.17 bits per heavy atom. The number of hydrogen-bond acceptors (Lipinski definition) is 8. The van der Waals surface area contributed by atoms with Gasteiger partial charge in [-0.15, -0.1) is 0 Å². The second-order valence-electron chi connectivity index (χ2n) is 8.35. The third kappa shape index (κ3) is 5.47. The number of carbonyl (C=O) groups is 1. The lowest BCUT2D eigenvalue weighted by Gasteiger charge is -2.19. The van der Waals surface area contributed by atoms with E-state index in [-0.39, 0.29) is 23.9 Å². The molecule has 0 atom stereocenters. The molecule has 0 radical (unpaired) electrons. The number of anilines is 2. The van der Waals surface area contributed by atoms with E-state index in [0.717, 1.165) is 47.1 Å². The molecule has 1 aliphatic rings. The average Bonchev–Trinajstić information content (AvgIpc) is 3.31. The average molecular weight is 509 g/mol. The van der Waals surface area contributed by atoms with Crippen LogP contribution in [0.2, 0.25) is 0 Å². The van der Waals surface area contributed by atoms with Gasteiger partial charge in [0.1, 0.15) is 5.82 Å². The second-order valence-corrected chi connectivity index (χ2v) is 10.0. The maximum Gasteiger partial charge on any atom is 0.333 e. The molecule has 0 unspecified atom stereocenters. The first-order chi connectivity index (χ1) is 17.3. The molecule has 188 valence electrons. The van der Waals surface area contributed by atoms with Crippen molar-refractivity contribution in [1.29, 1.82) is 0 Å². The highest BCUT2D eigenvalue weighted by Gasteiger charge is 2.25. The number of nitrogens with one attached hydrogen (secondary N) is 3.